The second kappa shape index (κ2) is 20.6. The summed E-state index contributed by atoms with van der Waals surface area (Å²) in [4.78, 5) is 40.1. The summed E-state index contributed by atoms with van der Waals surface area (Å²) in [6.45, 7) is 27.5. The first-order valence-corrected chi connectivity index (χ1v) is 28.5. The summed E-state index contributed by atoms with van der Waals surface area (Å²) in [5.74, 6) is 20.8. The molecule has 0 spiro atoms. The Morgan fingerprint density at radius 2 is 0.686 bits per heavy atom. The summed E-state index contributed by atoms with van der Waals surface area (Å²) in [6.07, 6.45) is 7.86. The molecule has 12 heteroatoms. The monoisotopic (exact) mass is 960 g/mol. The Balaban J connectivity index is 1.64. The maximum absolute atomic E-state index is 11.5. The summed E-state index contributed by atoms with van der Waals surface area (Å²) in [5.41, 5.74) is 19.7. The average Bonchev–Trinajstić information content (AvgIpc) is 4.16. The van der Waals surface area contributed by atoms with Gasteiger partial charge in [-0.3, -0.25) is 20.2 Å². The van der Waals surface area contributed by atoms with Gasteiger partial charge in [0.25, 0.3) is 11.4 Å². The Bertz CT molecular complexity index is 3190. The molecule has 0 amide bonds. The van der Waals surface area contributed by atoms with Crippen LogP contribution in [-0.4, -0.2) is 45.9 Å². The molecule has 2 N–H and O–H groups in total. The van der Waals surface area contributed by atoms with E-state index in [0.717, 1.165) is 33.2 Å². The van der Waals surface area contributed by atoms with Gasteiger partial charge >= 0.3 is 0 Å². The number of benzene rings is 2. The first kappa shape index (κ1) is 50.4. The summed E-state index contributed by atoms with van der Waals surface area (Å²) >= 11 is 0. The van der Waals surface area contributed by atoms with E-state index < -0.39 is 26.0 Å². The molecule has 0 unspecified atom stereocenters. The molecule has 0 radical (unpaired) electrons. The van der Waals surface area contributed by atoms with Gasteiger partial charge < -0.3 is 9.97 Å². The smallest absolute Gasteiger partial charge is 0.269 e. The van der Waals surface area contributed by atoms with Crippen molar-refractivity contribution in [2.24, 2.45) is 0 Å². The number of H-pyrrole nitrogens is 2. The van der Waals surface area contributed by atoms with Crippen LogP contribution < -0.4 is 0 Å². The zero-order valence-electron chi connectivity index (χ0n) is 42.1. The van der Waals surface area contributed by atoms with Crippen molar-refractivity contribution < 1.29 is 9.85 Å². The van der Waals surface area contributed by atoms with Crippen molar-refractivity contribution in [1.29, 1.82) is 0 Å². The number of non-ortho nitro benzene ring substituents is 2. The highest BCUT2D eigenvalue weighted by Gasteiger charge is 2.43. The van der Waals surface area contributed by atoms with Crippen LogP contribution in [0.4, 0.5) is 11.4 Å². The van der Waals surface area contributed by atoms with E-state index in [2.05, 4.69) is 140 Å². The molecular weight excluding hydrogens is 901 g/mol. The molecule has 5 heterocycles. The van der Waals surface area contributed by atoms with E-state index in [1.165, 1.54) is 24.3 Å². The summed E-state index contributed by atoms with van der Waals surface area (Å²) in [5, 5.41) is 23.0. The predicted octanol–water partition coefficient (Wildman–Crippen LogP) is 14.4. The van der Waals surface area contributed by atoms with Crippen molar-refractivity contribution in [2.45, 2.75) is 116 Å². The molecule has 0 saturated carbocycles. The predicted molar refractivity (Wildman–Crippen MR) is 293 cm³/mol. The van der Waals surface area contributed by atoms with Gasteiger partial charge in [-0.2, -0.15) is 0 Å². The van der Waals surface area contributed by atoms with Gasteiger partial charge in [-0.25, -0.2) is 9.97 Å². The van der Waals surface area contributed by atoms with Crippen LogP contribution in [0.3, 0.4) is 0 Å². The fraction of sp³-hybridized carbons (Fsp3) is 0.310. The molecule has 8 bridgehead atoms. The van der Waals surface area contributed by atoms with Crippen LogP contribution in [-0.2, 0) is 0 Å². The highest BCUT2D eigenvalue weighted by Crippen LogP contribution is 2.42. The van der Waals surface area contributed by atoms with Crippen molar-refractivity contribution in [1.82, 2.24) is 19.9 Å². The number of hydrogen-bond acceptors (Lipinski definition) is 6. The Hall–Kier alpha value is -7.49. The lowest BCUT2D eigenvalue weighted by Crippen LogP contribution is -2.43. The van der Waals surface area contributed by atoms with Crippen LogP contribution >= 0.6 is 0 Å². The van der Waals surface area contributed by atoms with Crippen LogP contribution in [0.5, 0.6) is 0 Å². The maximum Gasteiger partial charge on any atom is 0.269 e. The van der Waals surface area contributed by atoms with Gasteiger partial charge in [-0.1, -0.05) is 119 Å². The van der Waals surface area contributed by atoms with E-state index in [1.807, 2.05) is 48.6 Å². The van der Waals surface area contributed by atoms with Gasteiger partial charge in [0.05, 0.1) is 76.9 Å². The van der Waals surface area contributed by atoms with Gasteiger partial charge in [-0.15, -0.1) is 11.1 Å². The van der Waals surface area contributed by atoms with Crippen molar-refractivity contribution in [3.05, 3.63) is 149 Å². The third-order valence-corrected chi connectivity index (χ3v) is 26.7. The van der Waals surface area contributed by atoms with E-state index in [-0.39, 0.29) is 11.4 Å². The Labute approximate surface area is 413 Å². The SMILES string of the molecule is CC(C)[Si](C#Cc1c2nc(c(C#Cc3ccc([N+](=O)[O-])cc3)c3nc(c(C#C[Si](C(C)C)(C(C)C)C(C)C)c4ccc([nH]4)c(C#Cc4ccc([N+](=O)[O-])cc4)c4ccc1[nH]4)C=C3)C=C2)(C(C)C)C(C)C. The highest BCUT2D eigenvalue weighted by molar-refractivity contribution is 6.91. The van der Waals surface area contributed by atoms with Crippen molar-refractivity contribution in [3.63, 3.8) is 0 Å². The number of aromatic nitrogens is 4. The molecule has 0 fully saturated rings. The summed E-state index contributed by atoms with van der Waals surface area (Å²) < 4.78 is 0. The number of rotatable bonds is 8. The molecule has 0 aliphatic carbocycles. The van der Waals surface area contributed by atoms with Crippen molar-refractivity contribution in [2.75, 3.05) is 0 Å². The quantitative estimate of drug-likeness (QED) is 0.0672. The zero-order valence-corrected chi connectivity index (χ0v) is 44.1. The van der Waals surface area contributed by atoms with E-state index >= 15 is 0 Å². The van der Waals surface area contributed by atoms with Gasteiger partial charge in [0, 0.05) is 35.4 Å². The van der Waals surface area contributed by atoms with Crippen LogP contribution in [0.2, 0.25) is 33.2 Å². The second-order valence-corrected chi connectivity index (χ2v) is 31.1. The number of nitro groups is 2. The van der Waals surface area contributed by atoms with Crippen LogP contribution in [0.25, 0.3) is 46.4 Å². The summed E-state index contributed by atoms with van der Waals surface area (Å²) in [6, 6.07) is 20.5. The minimum atomic E-state index is -2.23. The molecule has 10 nitrogen and oxygen atoms in total. The Morgan fingerprint density at radius 1 is 0.400 bits per heavy atom. The first-order valence-electron chi connectivity index (χ1n) is 24.0. The molecule has 70 heavy (non-hydrogen) atoms. The number of nitrogens with zero attached hydrogens (tertiary/aromatic N) is 4. The fourth-order valence-electron chi connectivity index (χ4n) is 10.5. The van der Waals surface area contributed by atoms with Gasteiger partial charge in [-0.05, 0) is 106 Å². The van der Waals surface area contributed by atoms with E-state index in [9.17, 15) is 20.2 Å². The van der Waals surface area contributed by atoms with E-state index in [4.69, 9.17) is 9.97 Å². The molecule has 7 rings (SSSR count). The summed E-state index contributed by atoms with van der Waals surface area (Å²) in [7, 11) is -4.46. The topological polar surface area (TPSA) is 144 Å². The third-order valence-electron chi connectivity index (χ3n) is 14.1. The lowest BCUT2D eigenvalue weighted by Gasteiger charge is -2.38. The van der Waals surface area contributed by atoms with Crippen molar-refractivity contribution in [3.8, 4) is 46.6 Å². The van der Waals surface area contributed by atoms with Gasteiger partial charge in [0.15, 0.2) is 0 Å². The normalized spacial score (nSPS) is 12.1. The first-order chi connectivity index (χ1) is 33.3. The van der Waals surface area contributed by atoms with Crippen LogP contribution in [0, 0.1) is 66.8 Å². The molecule has 2 aliphatic heterocycles. The average molecular weight is 961 g/mol. The zero-order chi connectivity index (χ0) is 50.7. The van der Waals surface area contributed by atoms with Crippen molar-refractivity contribution >= 4 is 73.9 Å². The molecule has 2 aliphatic rings. The molecule has 354 valence electrons. The second-order valence-electron chi connectivity index (χ2n) is 19.9. The fourth-order valence-corrected chi connectivity index (χ4v) is 21.0. The Morgan fingerprint density at radius 3 is 0.986 bits per heavy atom. The number of nitrogens with one attached hydrogen (secondary N) is 2. The minimum absolute atomic E-state index is 0.00643. The number of hydrogen-bond donors (Lipinski definition) is 2. The minimum Gasteiger partial charge on any atom is -0.353 e. The van der Waals surface area contributed by atoms with Gasteiger partial charge in [0.1, 0.15) is 16.1 Å². The number of nitro benzene ring substituents is 2. The van der Waals surface area contributed by atoms with E-state index in [1.54, 1.807) is 24.3 Å². The van der Waals surface area contributed by atoms with Crippen LogP contribution in [0.15, 0.2) is 72.8 Å². The molecule has 2 aromatic carbocycles. The highest BCUT2D eigenvalue weighted by atomic mass is 28.3. The largest absolute Gasteiger partial charge is 0.353 e. The van der Waals surface area contributed by atoms with E-state index in [0.29, 0.717) is 78.3 Å². The Kier molecular flexibility index (Phi) is 14.8. The number of aromatic amines is 2. The lowest BCUT2D eigenvalue weighted by molar-refractivity contribution is -0.385. The maximum atomic E-state index is 11.5. The molecule has 0 atom stereocenters. The number of fused-ring (bicyclic) bond motifs is 8. The molecule has 5 aromatic rings. The third kappa shape index (κ3) is 9.98. The van der Waals surface area contributed by atoms with Crippen LogP contribution in [0.1, 0.15) is 139 Å². The lowest BCUT2D eigenvalue weighted by atomic mass is 10.1. The molecule has 0 saturated heterocycles. The molecule has 3 aromatic heterocycles. The standard InChI is InChI=1S/C58H60N6O4Si2/c1-37(2)69(38(3)4,39(5)6)35-33-49-55-29-25-51(59-55)47(23-17-43-13-19-45(20-14-43)63(65)66)53-27-31-57(61-53)50(34-36-70(40(7)8,41(9)10)42(11)12)58-32-28-54(62-58)48(52-26-30-56(49)60-52)24-18-44-15-21-46(22-16-44)64(67)68/h13-16,19-22,25-32,37-42,59,61H,1-12H3. The molecular formula is C58H60N6O4Si2. The van der Waals surface area contributed by atoms with Gasteiger partial charge in [0.2, 0.25) is 0 Å².